The molecule has 1 aliphatic rings. The van der Waals surface area contributed by atoms with E-state index in [1.807, 2.05) is 49.9 Å². The topological polar surface area (TPSA) is 102 Å². The fourth-order valence-corrected chi connectivity index (χ4v) is 4.22. The van der Waals surface area contributed by atoms with Crippen LogP contribution in [0, 0.1) is 0 Å². The zero-order valence-electron chi connectivity index (χ0n) is 18.4. The van der Waals surface area contributed by atoms with Gasteiger partial charge >= 0.3 is 0 Å². The Morgan fingerprint density at radius 2 is 1.76 bits per heavy atom. The Balaban J connectivity index is 1.30. The largest absolute Gasteiger partial charge is 0.394 e. The van der Waals surface area contributed by atoms with Crippen molar-refractivity contribution < 1.29 is 9.90 Å². The minimum atomic E-state index is -0.0786. The smallest absolute Gasteiger partial charge is 0.244 e. The van der Waals surface area contributed by atoms with Crippen molar-refractivity contribution in [3.05, 3.63) is 61.4 Å². The summed E-state index contributed by atoms with van der Waals surface area (Å²) in [7, 11) is 1.89. The van der Waals surface area contributed by atoms with Crippen LogP contribution in [-0.2, 0) is 18.4 Å². The van der Waals surface area contributed by atoms with Crippen molar-refractivity contribution in [1.29, 1.82) is 0 Å². The van der Waals surface area contributed by atoms with Crippen LogP contribution in [0.15, 0.2) is 61.4 Å². The summed E-state index contributed by atoms with van der Waals surface area (Å²) in [6.45, 7) is 0.844. The second-order valence-electron chi connectivity index (χ2n) is 8.27. The summed E-state index contributed by atoms with van der Waals surface area (Å²) in [6.07, 6.45) is 12.6. The molecule has 1 fully saturated rings. The van der Waals surface area contributed by atoms with E-state index in [1.165, 1.54) is 0 Å². The molecule has 9 heteroatoms. The fraction of sp³-hybridized carbons (Fsp3) is 0.292. The van der Waals surface area contributed by atoms with Gasteiger partial charge in [-0.25, -0.2) is 9.97 Å². The van der Waals surface area contributed by atoms with Gasteiger partial charge in [-0.3, -0.25) is 14.2 Å². The lowest BCUT2D eigenvalue weighted by atomic mass is 10.1. The Kier molecular flexibility index (Phi) is 5.70. The van der Waals surface area contributed by atoms with Crippen LogP contribution in [0.3, 0.4) is 0 Å². The third-order valence-corrected chi connectivity index (χ3v) is 5.98. The second-order valence-corrected chi connectivity index (χ2v) is 8.27. The molecule has 1 N–H and O–H groups in total. The predicted octanol–water partition coefficient (Wildman–Crippen LogP) is 2.39. The monoisotopic (exact) mass is 443 g/mol. The lowest BCUT2D eigenvalue weighted by Crippen LogP contribution is -2.39. The van der Waals surface area contributed by atoms with Crippen LogP contribution in [-0.4, -0.2) is 64.6 Å². The van der Waals surface area contributed by atoms with Crippen molar-refractivity contribution in [3.63, 3.8) is 0 Å². The molecular weight excluding hydrogens is 418 g/mol. The summed E-state index contributed by atoms with van der Waals surface area (Å²) < 4.78 is 3.40. The van der Waals surface area contributed by atoms with Crippen LogP contribution in [0.4, 0.5) is 0 Å². The van der Waals surface area contributed by atoms with Gasteiger partial charge in [-0.05, 0) is 24.5 Å². The van der Waals surface area contributed by atoms with Crippen LogP contribution in [0.1, 0.15) is 12.8 Å². The van der Waals surface area contributed by atoms with E-state index < -0.39 is 0 Å². The van der Waals surface area contributed by atoms with E-state index in [9.17, 15) is 9.90 Å². The molecule has 1 atom stereocenters. The van der Waals surface area contributed by atoms with Gasteiger partial charge in [0.1, 0.15) is 6.54 Å². The Labute approximate surface area is 191 Å². The quantitative estimate of drug-likeness (QED) is 0.491. The molecule has 0 bridgehead atoms. The number of nitrogens with zero attached hydrogens (tertiary/aromatic N) is 7. The predicted molar refractivity (Wildman–Crippen MR) is 123 cm³/mol. The van der Waals surface area contributed by atoms with Gasteiger partial charge in [0.15, 0.2) is 5.82 Å². The SMILES string of the molecule is Cn1cc(-c2cccc(-c3ncc(-c4cnn(CC(=O)N5CCCC5CO)c4)cn3)c2)cn1. The molecule has 5 rings (SSSR count). The summed E-state index contributed by atoms with van der Waals surface area (Å²) in [6, 6.07) is 7.97. The number of aromatic nitrogens is 6. The highest BCUT2D eigenvalue weighted by molar-refractivity contribution is 5.77. The maximum Gasteiger partial charge on any atom is 0.244 e. The molecule has 0 saturated carbocycles. The normalized spacial score (nSPS) is 15.8. The summed E-state index contributed by atoms with van der Waals surface area (Å²) >= 11 is 0. The van der Waals surface area contributed by atoms with Crippen molar-refractivity contribution in [3.8, 4) is 33.6 Å². The van der Waals surface area contributed by atoms with Gasteiger partial charge < -0.3 is 10.0 Å². The highest BCUT2D eigenvalue weighted by Crippen LogP contribution is 2.25. The number of aryl methyl sites for hydroxylation is 1. The minimum absolute atomic E-state index is 0.00489. The van der Waals surface area contributed by atoms with Crippen molar-refractivity contribution in [2.45, 2.75) is 25.4 Å². The first-order chi connectivity index (χ1) is 16.1. The van der Waals surface area contributed by atoms with Crippen LogP contribution < -0.4 is 0 Å². The number of carbonyl (C=O) groups is 1. The van der Waals surface area contributed by atoms with Gasteiger partial charge in [0.2, 0.25) is 5.91 Å². The average molecular weight is 444 g/mol. The van der Waals surface area contributed by atoms with E-state index in [1.54, 1.807) is 32.9 Å². The second kappa shape index (κ2) is 8.95. The third-order valence-electron chi connectivity index (χ3n) is 5.98. The number of carbonyl (C=O) groups excluding carboxylic acids is 1. The number of amides is 1. The van der Waals surface area contributed by atoms with Crippen LogP contribution in [0.25, 0.3) is 33.6 Å². The summed E-state index contributed by atoms with van der Waals surface area (Å²) in [5, 5.41) is 18.0. The Hall–Kier alpha value is -3.85. The summed E-state index contributed by atoms with van der Waals surface area (Å²) in [5.41, 5.74) is 4.69. The number of aliphatic hydroxyl groups is 1. The molecule has 0 aliphatic carbocycles. The first-order valence-corrected chi connectivity index (χ1v) is 11.0. The molecule has 33 heavy (non-hydrogen) atoms. The number of benzene rings is 1. The van der Waals surface area contributed by atoms with Gasteiger partial charge in [-0.15, -0.1) is 0 Å². The van der Waals surface area contributed by atoms with Crippen LogP contribution in [0.5, 0.6) is 0 Å². The highest BCUT2D eigenvalue weighted by atomic mass is 16.3. The van der Waals surface area contributed by atoms with E-state index in [-0.39, 0.29) is 25.1 Å². The van der Waals surface area contributed by atoms with Crippen LogP contribution in [0.2, 0.25) is 0 Å². The first-order valence-electron chi connectivity index (χ1n) is 11.0. The maximum absolute atomic E-state index is 12.6. The van der Waals surface area contributed by atoms with Crippen molar-refractivity contribution >= 4 is 5.91 Å². The fourth-order valence-electron chi connectivity index (χ4n) is 4.22. The Bertz CT molecular complexity index is 1260. The molecule has 1 amide bonds. The zero-order chi connectivity index (χ0) is 22.8. The van der Waals surface area contributed by atoms with E-state index >= 15 is 0 Å². The lowest BCUT2D eigenvalue weighted by molar-refractivity contribution is -0.133. The zero-order valence-corrected chi connectivity index (χ0v) is 18.4. The molecule has 0 spiro atoms. The minimum Gasteiger partial charge on any atom is -0.394 e. The molecular formula is C24H25N7O2. The Morgan fingerprint density at radius 1 is 1.00 bits per heavy atom. The first kappa shape index (κ1) is 21.0. The average Bonchev–Trinajstić information content (AvgIpc) is 3.60. The van der Waals surface area contributed by atoms with E-state index in [4.69, 9.17) is 0 Å². The molecule has 1 aliphatic heterocycles. The van der Waals surface area contributed by atoms with Crippen molar-refractivity contribution in [2.24, 2.45) is 7.05 Å². The lowest BCUT2D eigenvalue weighted by Gasteiger charge is -2.22. The van der Waals surface area contributed by atoms with Gasteiger partial charge in [0.05, 0.1) is 25.0 Å². The molecule has 3 aromatic heterocycles. The Morgan fingerprint density at radius 3 is 2.52 bits per heavy atom. The molecule has 1 aromatic carbocycles. The van der Waals surface area contributed by atoms with Gasteiger partial charge in [-0.1, -0.05) is 18.2 Å². The summed E-state index contributed by atoms with van der Waals surface area (Å²) in [5.74, 6) is 0.609. The highest BCUT2D eigenvalue weighted by Gasteiger charge is 2.28. The number of likely N-dealkylation sites (tertiary alicyclic amines) is 1. The number of aliphatic hydroxyl groups excluding tert-OH is 1. The number of hydrogen-bond donors (Lipinski definition) is 1. The maximum atomic E-state index is 12.6. The molecule has 0 radical (unpaired) electrons. The van der Waals surface area contributed by atoms with Crippen LogP contribution >= 0.6 is 0 Å². The number of hydrogen-bond acceptors (Lipinski definition) is 6. The molecule has 1 unspecified atom stereocenters. The molecule has 4 aromatic rings. The van der Waals surface area contributed by atoms with Gasteiger partial charge in [0.25, 0.3) is 0 Å². The van der Waals surface area contributed by atoms with Gasteiger partial charge in [-0.2, -0.15) is 10.2 Å². The van der Waals surface area contributed by atoms with Gasteiger partial charge in [0, 0.05) is 60.6 Å². The molecule has 4 heterocycles. The standard InChI is InChI=1S/C24H25N7O2/c1-29-13-20(11-27-29)17-4-2-5-18(8-17)24-25-9-19(10-26-24)21-12-28-30(14-21)15-23(33)31-7-3-6-22(31)16-32/h2,4-5,8-14,22,32H,3,6-7,15-16H2,1H3. The van der Waals surface area contributed by atoms with Crippen molar-refractivity contribution in [2.75, 3.05) is 13.2 Å². The number of rotatable bonds is 6. The van der Waals surface area contributed by atoms with Crippen molar-refractivity contribution in [1.82, 2.24) is 34.4 Å². The molecule has 168 valence electrons. The van der Waals surface area contributed by atoms with E-state index in [0.717, 1.165) is 40.7 Å². The van der Waals surface area contributed by atoms with E-state index in [2.05, 4.69) is 20.2 Å². The third kappa shape index (κ3) is 4.40. The molecule has 1 saturated heterocycles. The van der Waals surface area contributed by atoms with E-state index in [0.29, 0.717) is 12.4 Å². The summed E-state index contributed by atoms with van der Waals surface area (Å²) in [4.78, 5) is 23.4. The molecule has 9 nitrogen and oxygen atoms in total.